The van der Waals surface area contributed by atoms with Gasteiger partial charge in [-0.25, -0.2) is 9.97 Å². The minimum Gasteiger partial charge on any atom is -0.328 e. The summed E-state index contributed by atoms with van der Waals surface area (Å²) in [6.45, 7) is 3.01. The Morgan fingerprint density at radius 1 is 1.15 bits per heavy atom. The number of carbonyl (C=O) groups is 1. The first-order valence-electron chi connectivity index (χ1n) is 9.17. The van der Waals surface area contributed by atoms with Crippen molar-refractivity contribution in [1.29, 1.82) is 0 Å². The van der Waals surface area contributed by atoms with Crippen LogP contribution in [-0.2, 0) is 19.4 Å². The highest BCUT2D eigenvalue weighted by Crippen LogP contribution is 2.30. The molecule has 0 fully saturated rings. The number of para-hydroxylation sites is 1. The number of amides is 1. The summed E-state index contributed by atoms with van der Waals surface area (Å²) in [5, 5.41) is 3.02. The zero-order valence-electron chi connectivity index (χ0n) is 14.9. The van der Waals surface area contributed by atoms with Gasteiger partial charge in [0.2, 0.25) is 0 Å². The number of benzene rings is 1. The van der Waals surface area contributed by atoms with E-state index in [2.05, 4.69) is 19.9 Å². The van der Waals surface area contributed by atoms with Crippen molar-refractivity contribution < 1.29 is 4.79 Å². The Bertz CT molecular complexity index is 945. The molecule has 3 heterocycles. The first kappa shape index (κ1) is 16.5. The van der Waals surface area contributed by atoms with Gasteiger partial charge in [-0.2, -0.15) is 0 Å². The zero-order chi connectivity index (χ0) is 17.9. The molecule has 0 saturated carbocycles. The Labute approximate surface area is 153 Å². The number of rotatable bonds is 4. The molecule has 1 aliphatic rings. The maximum absolute atomic E-state index is 12.7. The van der Waals surface area contributed by atoms with Crippen LogP contribution in [-0.4, -0.2) is 20.4 Å². The molecule has 0 aliphatic carbocycles. The highest BCUT2D eigenvalue weighted by atomic mass is 16.1. The Balaban J connectivity index is 1.66. The molecule has 4 rings (SSSR count). The van der Waals surface area contributed by atoms with Crippen molar-refractivity contribution in [3.8, 4) is 11.4 Å². The molecule has 1 aromatic carbocycles. The number of hydrogen-bond acceptors (Lipinski definition) is 3. The maximum Gasteiger partial charge on any atom is 0.274 e. The maximum atomic E-state index is 12.7. The number of nitrogens with one attached hydrogen (secondary N) is 1. The van der Waals surface area contributed by atoms with Gasteiger partial charge in [0.1, 0.15) is 11.5 Å². The lowest BCUT2D eigenvalue weighted by Gasteiger charge is -2.18. The van der Waals surface area contributed by atoms with Crippen molar-refractivity contribution in [3.63, 3.8) is 0 Å². The lowest BCUT2D eigenvalue weighted by atomic mass is 10.1. The van der Waals surface area contributed by atoms with E-state index in [-0.39, 0.29) is 5.91 Å². The molecule has 0 saturated heterocycles. The normalized spacial score (nSPS) is 13.3. The highest BCUT2D eigenvalue weighted by Gasteiger charge is 2.18. The van der Waals surface area contributed by atoms with Gasteiger partial charge in [-0.3, -0.25) is 4.79 Å². The SMILES string of the molecule is CCc1cccc(C(=O)Nc2ccccc2-c2ncc3n2CCCC3)n1. The molecule has 3 aromatic rings. The smallest absolute Gasteiger partial charge is 0.274 e. The average molecular weight is 346 g/mol. The van der Waals surface area contributed by atoms with Gasteiger partial charge in [-0.15, -0.1) is 0 Å². The second kappa shape index (κ2) is 7.12. The van der Waals surface area contributed by atoms with Gasteiger partial charge < -0.3 is 9.88 Å². The molecule has 26 heavy (non-hydrogen) atoms. The van der Waals surface area contributed by atoms with Gasteiger partial charge in [0, 0.05) is 29.7 Å². The van der Waals surface area contributed by atoms with Gasteiger partial charge >= 0.3 is 0 Å². The molecule has 0 atom stereocenters. The van der Waals surface area contributed by atoms with Crippen LogP contribution in [0, 0.1) is 0 Å². The van der Waals surface area contributed by atoms with Crippen LogP contribution in [0.25, 0.3) is 11.4 Å². The van der Waals surface area contributed by atoms with E-state index in [0.29, 0.717) is 5.69 Å². The molecule has 2 aromatic heterocycles. The van der Waals surface area contributed by atoms with Crippen molar-refractivity contribution in [3.05, 3.63) is 65.7 Å². The molecule has 0 radical (unpaired) electrons. The second-order valence-corrected chi connectivity index (χ2v) is 6.55. The van der Waals surface area contributed by atoms with Crippen LogP contribution < -0.4 is 5.32 Å². The van der Waals surface area contributed by atoms with Crippen LogP contribution in [0.4, 0.5) is 5.69 Å². The number of imidazole rings is 1. The molecular weight excluding hydrogens is 324 g/mol. The molecule has 1 amide bonds. The van der Waals surface area contributed by atoms with E-state index in [4.69, 9.17) is 0 Å². The van der Waals surface area contributed by atoms with Gasteiger partial charge in [0.05, 0.1) is 5.69 Å². The molecule has 5 nitrogen and oxygen atoms in total. The summed E-state index contributed by atoms with van der Waals surface area (Å²) in [7, 11) is 0. The van der Waals surface area contributed by atoms with Crippen molar-refractivity contribution in [2.45, 2.75) is 39.2 Å². The van der Waals surface area contributed by atoms with Crippen LogP contribution in [0.3, 0.4) is 0 Å². The molecule has 132 valence electrons. The Morgan fingerprint density at radius 2 is 2.04 bits per heavy atom. The summed E-state index contributed by atoms with van der Waals surface area (Å²) in [5.41, 5.74) is 4.32. The van der Waals surface area contributed by atoms with E-state index >= 15 is 0 Å². The first-order chi connectivity index (χ1) is 12.8. The molecule has 0 bridgehead atoms. The van der Waals surface area contributed by atoms with Crippen LogP contribution in [0.2, 0.25) is 0 Å². The fourth-order valence-corrected chi connectivity index (χ4v) is 3.43. The number of hydrogen-bond donors (Lipinski definition) is 1. The van der Waals surface area contributed by atoms with Crippen molar-refractivity contribution in [1.82, 2.24) is 14.5 Å². The van der Waals surface area contributed by atoms with Crippen LogP contribution in [0.1, 0.15) is 41.6 Å². The standard InChI is InChI=1S/C21H22N4O/c1-2-15-8-7-12-19(23-15)21(26)24-18-11-4-3-10-17(18)20-22-14-16-9-5-6-13-25(16)20/h3-4,7-8,10-12,14H,2,5-6,9,13H2,1H3,(H,24,26). The summed E-state index contributed by atoms with van der Waals surface area (Å²) in [4.78, 5) is 21.7. The van der Waals surface area contributed by atoms with Crippen LogP contribution >= 0.6 is 0 Å². The van der Waals surface area contributed by atoms with Gasteiger partial charge in [-0.05, 0) is 49.9 Å². The van der Waals surface area contributed by atoms with Crippen molar-refractivity contribution in [2.24, 2.45) is 0 Å². The van der Waals surface area contributed by atoms with E-state index < -0.39 is 0 Å². The summed E-state index contributed by atoms with van der Waals surface area (Å²) >= 11 is 0. The molecule has 5 heteroatoms. The zero-order valence-corrected chi connectivity index (χ0v) is 14.9. The van der Waals surface area contributed by atoms with E-state index in [1.807, 2.05) is 49.5 Å². The predicted octanol–water partition coefficient (Wildman–Crippen LogP) is 4.10. The monoisotopic (exact) mass is 346 g/mol. The fraction of sp³-hybridized carbons (Fsp3) is 0.286. The van der Waals surface area contributed by atoms with E-state index in [0.717, 1.165) is 42.2 Å². The number of nitrogens with zero attached hydrogens (tertiary/aromatic N) is 3. The summed E-state index contributed by atoms with van der Waals surface area (Å²) in [5.74, 6) is 0.726. The lowest BCUT2D eigenvalue weighted by molar-refractivity contribution is 0.102. The molecule has 0 unspecified atom stereocenters. The predicted molar refractivity (Wildman–Crippen MR) is 102 cm³/mol. The Kier molecular flexibility index (Phi) is 4.52. The third-order valence-corrected chi connectivity index (χ3v) is 4.82. The number of anilines is 1. The third kappa shape index (κ3) is 3.12. The summed E-state index contributed by atoms with van der Waals surface area (Å²) < 4.78 is 2.27. The van der Waals surface area contributed by atoms with Gasteiger partial charge in [-0.1, -0.05) is 25.1 Å². The lowest BCUT2D eigenvalue weighted by Crippen LogP contribution is -2.16. The highest BCUT2D eigenvalue weighted by molar-refractivity contribution is 6.04. The van der Waals surface area contributed by atoms with Gasteiger partial charge in [0.15, 0.2) is 0 Å². The minimum absolute atomic E-state index is 0.196. The number of carbonyl (C=O) groups excluding carboxylic acids is 1. The number of fused-ring (bicyclic) bond motifs is 1. The Hall–Kier alpha value is -2.95. The molecule has 1 N–H and O–H groups in total. The largest absolute Gasteiger partial charge is 0.328 e. The quantitative estimate of drug-likeness (QED) is 0.774. The average Bonchev–Trinajstić information content (AvgIpc) is 3.12. The number of aromatic nitrogens is 3. The van der Waals surface area contributed by atoms with E-state index in [1.54, 1.807) is 6.07 Å². The van der Waals surface area contributed by atoms with Gasteiger partial charge in [0.25, 0.3) is 5.91 Å². The van der Waals surface area contributed by atoms with E-state index in [9.17, 15) is 4.79 Å². The topological polar surface area (TPSA) is 59.8 Å². The second-order valence-electron chi connectivity index (χ2n) is 6.55. The van der Waals surface area contributed by atoms with E-state index in [1.165, 1.54) is 18.5 Å². The fourth-order valence-electron chi connectivity index (χ4n) is 3.43. The number of pyridine rings is 1. The first-order valence-corrected chi connectivity index (χ1v) is 9.17. The van der Waals surface area contributed by atoms with Crippen LogP contribution in [0.5, 0.6) is 0 Å². The number of aryl methyl sites for hydroxylation is 2. The summed E-state index contributed by atoms with van der Waals surface area (Å²) in [6, 6.07) is 13.4. The summed E-state index contributed by atoms with van der Waals surface area (Å²) in [6.07, 6.45) is 6.20. The molecule has 0 spiro atoms. The minimum atomic E-state index is -0.196. The van der Waals surface area contributed by atoms with Crippen molar-refractivity contribution >= 4 is 11.6 Å². The third-order valence-electron chi connectivity index (χ3n) is 4.82. The van der Waals surface area contributed by atoms with Crippen molar-refractivity contribution in [2.75, 3.05) is 5.32 Å². The molecule has 1 aliphatic heterocycles. The molecular formula is C21H22N4O. The van der Waals surface area contributed by atoms with Crippen LogP contribution in [0.15, 0.2) is 48.7 Å². The Morgan fingerprint density at radius 3 is 2.92 bits per heavy atom.